The van der Waals surface area contributed by atoms with Gasteiger partial charge in [0.1, 0.15) is 18.4 Å². The first kappa shape index (κ1) is 27.5. The zero-order chi connectivity index (χ0) is 28.1. The Morgan fingerprint density at radius 2 is 1.80 bits per heavy atom. The molecular weight excluding hydrogens is 518 g/mol. The number of carbonyl (C=O) groups excluding carboxylic acids is 1. The highest BCUT2D eigenvalue weighted by molar-refractivity contribution is 7.99. The van der Waals surface area contributed by atoms with Crippen LogP contribution in [0, 0.1) is 13.8 Å². The number of aromatic nitrogens is 3. The molecule has 2 N–H and O–H groups in total. The molecule has 5 rings (SSSR count). The summed E-state index contributed by atoms with van der Waals surface area (Å²) in [6.07, 6.45) is 2.21. The number of amides is 1. The fraction of sp³-hybridized carbons (Fsp3) is 0.281. The van der Waals surface area contributed by atoms with E-state index in [1.165, 1.54) is 0 Å². The average Bonchev–Trinajstić information content (AvgIpc) is 3.36. The van der Waals surface area contributed by atoms with Crippen LogP contribution < -0.4 is 15.4 Å². The largest absolute Gasteiger partial charge is 0.489 e. The molecule has 1 atom stereocenters. The predicted octanol–water partition coefficient (Wildman–Crippen LogP) is 7.29. The number of carbonyl (C=O) groups is 1. The highest BCUT2D eigenvalue weighted by Crippen LogP contribution is 2.37. The minimum absolute atomic E-state index is 0.172. The lowest BCUT2D eigenvalue weighted by atomic mass is 9.94. The number of unbranched alkanes of at least 4 members (excludes halogenated alkanes) is 1. The molecule has 7 nitrogen and oxygen atoms in total. The van der Waals surface area contributed by atoms with Gasteiger partial charge in [0, 0.05) is 17.1 Å². The minimum Gasteiger partial charge on any atom is -0.489 e. The quantitative estimate of drug-likeness (QED) is 0.159. The normalized spacial score (nSPS) is 14.4. The first-order valence-electron chi connectivity index (χ1n) is 13.7. The van der Waals surface area contributed by atoms with Gasteiger partial charge in [0.05, 0.1) is 5.57 Å². The summed E-state index contributed by atoms with van der Waals surface area (Å²) in [5.41, 5.74) is 6.35. The van der Waals surface area contributed by atoms with Crippen LogP contribution in [0.15, 0.2) is 89.2 Å². The standard InChI is InChI=1S/C32H35N5O2S/c1-5-6-19-40-32-35-31-33-23(4)28(30(38)34-27-14-10-11-21(2)22(27)3)29(37(31)36-32)25-15-17-26(18-16-25)39-20-24-12-8-7-9-13-24/h7-18,29H,5-6,19-20H2,1-4H3,(H,34,38)(H,33,35,36). The number of nitrogens with zero attached hydrogens (tertiary/aromatic N) is 3. The number of rotatable bonds is 10. The first-order valence-corrected chi connectivity index (χ1v) is 14.6. The third-order valence-corrected chi connectivity index (χ3v) is 8.03. The van der Waals surface area contributed by atoms with Crippen LogP contribution in [0.1, 0.15) is 55.0 Å². The zero-order valence-corrected chi connectivity index (χ0v) is 24.2. The Bertz CT molecular complexity index is 1510. The van der Waals surface area contributed by atoms with Gasteiger partial charge in [-0.3, -0.25) is 4.79 Å². The van der Waals surface area contributed by atoms with E-state index in [1.54, 1.807) is 11.8 Å². The number of hydrogen-bond donors (Lipinski definition) is 2. The third-order valence-electron chi connectivity index (χ3n) is 7.10. The summed E-state index contributed by atoms with van der Waals surface area (Å²) in [5, 5.41) is 12.0. The average molecular weight is 554 g/mol. The van der Waals surface area contributed by atoms with E-state index in [9.17, 15) is 4.79 Å². The van der Waals surface area contributed by atoms with Crippen LogP contribution in [0.4, 0.5) is 11.6 Å². The van der Waals surface area contributed by atoms with Gasteiger partial charge in [-0.15, -0.1) is 5.10 Å². The maximum Gasteiger partial charge on any atom is 0.255 e. The summed E-state index contributed by atoms with van der Waals surface area (Å²) in [7, 11) is 0. The molecule has 4 aromatic rings. The lowest BCUT2D eigenvalue weighted by molar-refractivity contribution is -0.113. The van der Waals surface area contributed by atoms with Gasteiger partial charge >= 0.3 is 0 Å². The summed E-state index contributed by atoms with van der Waals surface area (Å²) < 4.78 is 7.85. The van der Waals surface area contributed by atoms with E-state index in [0.29, 0.717) is 23.3 Å². The minimum atomic E-state index is -0.447. The molecule has 8 heteroatoms. The number of fused-ring (bicyclic) bond motifs is 1. The van der Waals surface area contributed by atoms with Crippen molar-refractivity contribution in [3.63, 3.8) is 0 Å². The summed E-state index contributed by atoms with van der Waals surface area (Å²) in [5.74, 6) is 2.17. The van der Waals surface area contributed by atoms with Crippen molar-refractivity contribution in [2.45, 2.75) is 58.3 Å². The van der Waals surface area contributed by atoms with Crippen LogP contribution in [0.5, 0.6) is 5.75 Å². The van der Waals surface area contributed by atoms with Crippen LogP contribution in [-0.4, -0.2) is 26.4 Å². The number of thioether (sulfide) groups is 1. The van der Waals surface area contributed by atoms with Gasteiger partial charge in [-0.25, -0.2) is 4.68 Å². The van der Waals surface area contributed by atoms with Crippen molar-refractivity contribution in [1.29, 1.82) is 0 Å². The SMILES string of the molecule is CCCCSc1nc2n(n1)C(c1ccc(OCc3ccccc3)cc1)C(C(=O)Nc1cccc(C)c1C)=C(C)N2. The van der Waals surface area contributed by atoms with Gasteiger partial charge in [0.2, 0.25) is 11.1 Å². The molecule has 40 heavy (non-hydrogen) atoms. The molecule has 3 aromatic carbocycles. The second kappa shape index (κ2) is 12.4. The maximum absolute atomic E-state index is 13.9. The molecule has 0 aliphatic carbocycles. The second-order valence-electron chi connectivity index (χ2n) is 9.98. The van der Waals surface area contributed by atoms with Crippen LogP contribution in [0.3, 0.4) is 0 Å². The first-order chi connectivity index (χ1) is 19.4. The number of hydrogen-bond acceptors (Lipinski definition) is 6. The molecule has 0 saturated carbocycles. The lowest BCUT2D eigenvalue weighted by Gasteiger charge is -2.29. The molecule has 0 fully saturated rings. The Morgan fingerprint density at radius 3 is 2.55 bits per heavy atom. The van der Waals surface area contributed by atoms with E-state index in [4.69, 9.17) is 14.8 Å². The molecule has 0 spiro atoms. The lowest BCUT2D eigenvalue weighted by Crippen LogP contribution is -2.31. The van der Waals surface area contributed by atoms with Crippen LogP contribution >= 0.6 is 11.8 Å². The van der Waals surface area contributed by atoms with E-state index in [-0.39, 0.29) is 5.91 Å². The number of allylic oxidation sites excluding steroid dienone is 1. The second-order valence-corrected chi connectivity index (χ2v) is 11.0. The van der Waals surface area contributed by atoms with Crippen molar-refractivity contribution < 1.29 is 9.53 Å². The van der Waals surface area contributed by atoms with Crippen molar-refractivity contribution in [3.05, 3.63) is 106 Å². The molecule has 1 unspecified atom stereocenters. The summed E-state index contributed by atoms with van der Waals surface area (Å²) in [6, 6.07) is 23.5. The van der Waals surface area contributed by atoms with E-state index in [1.807, 2.05) is 98.2 Å². The molecule has 0 radical (unpaired) electrons. The Labute approximate surface area is 240 Å². The van der Waals surface area contributed by atoms with Crippen molar-refractivity contribution >= 4 is 29.3 Å². The van der Waals surface area contributed by atoms with E-state index < -0.39 is 6.04 Å². The smallest absolute Gasteiger partial charge is 0.255 e. The van der Waals surface area contributed by atoms with Gasteiger partial charge in [0.15, 0.2) is 0 Å². The molecular formula is C32H35N5O2S. The topological polar surface area (TPSA) is 81.1 Å². The van der Waals surface area contributed by atoms with Crippen molar-refractivity contribution in [2.24, 2.45) is 0 Å². The number of benzene rings is 3. The fourth-order valence-electron chi connectivity index (χ4n) is 4.67. The Kier molecular flexibility index (Phi) is 8.55. The van der Waals surface area contributed by atoms with Crippen molar-refractivity contribution in [2.75, 3.05) is 16.4 Å². The molecule has 1 aliphatic heterocycles. The predicted molar refractivity (Wildman–Crippen MR) is 162 cm³/mol. The highest BCUT2D eigenvalue weighted by Gasteiger charge is 2.34. The van der Waals surface area contributed by atoms with Gasteiger partial charge in [-0.1, -0.05) is 79.7 Å². The molecule has 206 valence electrons. The number of anilines is 2. The molecule has 1 aromatic heterocycles. The van der Waals surface area contributed by atoms with Crippen LogP contribution in [0.25, 0.3) is 0 Å². The zero-order valence-electron chi connectivity index (χ0n) is 23.4. The Morgan fingerprint density at radius 1 is 1.02 bits per heavy atom. The number of nitrogens with one attached hydrogen (secondary N) is 2. The van der Waals surface area contributed by atoms with E-state index >= 15 is 0 Å². The van der Waals surface area contributed by atoms with Gasteiger partial charge in [-0.05, 0) is 67.6 Å². The Balaban J connectivity index is 1.46. The summed E-state index contributed by atoms with van der Waals surface area (Å²) in [4.78, 5) is 18.6. The van der Waals surface area contributed by atoms with Gasteiger partial charge in [-0.2, -0.15) is 4.98 Å². The van der Waals surface area contributed by atoms with Crippen LogP contribution in [-0.2, 0) is 11.4 Å². The van der Waals surface area contributed by atoms with E-state index in [0.717, 1.165) is 58.0 Å². The summed E-state index contributed by atoms with van der Waals surface area (Å²) in [6.45, 7) is 8.64. The number of ether oxygens (including phenoxy) is 1. The summed E-state index contributed by atoms with van der Waals surface area (Å²) >= 11 is 1.64. The molecule has 1 aliphatic rings. The maximum atomic E-state index is 13.9. The third kappa shape index (κ3) is 6.07. The van der Waals surface area contributed by atoms with Gasteiger partial charge < -0.3 is 15.4 Å². The number of aryl methyl sites for hydroxylation is 1. The highest BCUT2D eigenvalue weighted by atomic mass is 32.2. The van der Waals surface area contributed by atoms with Crippen LogP contribution in [0.2, 0.25) is 0 Å². The molecule has 2 heterocycles. The fourth-order valence-corrected chi connectivity index (χ4v) is 5.58. The van der Waals surface area contributed by atoms with Crippen molar-refractivity contribution in [1.82, 2.24) is 14.8 Å². The van der Waals surface area contributed by atoms with Gasteiger partial charge in [0.25, 0.3) is 5.91 Å². The molecule has 0 bridgehead atoms. The monoisotopic (exact) mass is 553 g/mol. The Hall–Kier alpha value is -4.04. The van der Waals surface area contributed by atoms with E-state index in [2.05, 4.69) is 17.6 Å². The molecule has 0 saturated heterocycles. The van der Waals surface area contributed by atoms with Crippen molar-refractivity contribution in [3.8, 4) is 5.75 Å². The molecule has 1 amide bonds.